The quantitative estimate of drug-likeness (QED) is 0.344. The maximum Gasteiger partial charge on any atom is 0.308 e. The molecule has 2 aliphatic rings. The van der Waals surface area contributed by atoms with Crippen LogP contribution in [0.3, 0.4) is 0 Å². The molecular weight excluding hydrogens is 482 g/mol. The van der Waals surface area contributed by atoms with Gasteiger partial charge in [0.1, 0.15) is 11.9 Å². The van der Waals surface area contributed by atoms with Gasteiger partial charge in [-0.05, 0) is 43.7 Å². The number of aromatic nitrogens is 3. The number of halogens is 1. The van der Waals surface area contributed by atoms with Crippen molar-refractivity contribution < 1.29 is 23.7 Å². The Bertz CT molecular complexity index is 1200. The minimum Gasteiger partial charge on any atom is -0.493 e. The van der Waals surface area contributed by atoms with Crippen LogP contribution in [0.2, 0.25) is 5.02 Å². The lowest BCUT2D eigenvalue weighted by atomic mass is 9.91. The Morgan fingerprint density at radius 2 is 2.00 bits per heavy atom. The van der Waals surface area contributed by atoms with Crippen LogP contribution in [0.5, 0.6) is 0 Å². The highest BCUT2D eigenvalue weighted by molar-refractivity contribution is 6.30. The van der Waals surface area contributed by atoms with E-state index >= 15 is 0 Å². The zero-order chi connectivity index (χ0) is 25.8. The number of hydrogen-bond acceptors (Lipinski definition) is 7. The van der Waals surface area contributed by atoms with Crippen LogP contribution in [0.15, 0.2) is 54.0 Å². The predicted octanol–water partition coefficient (Wildman–Crippen LogP) is 5.75. The van der Waals surface area contributed by atoms with Gasteiger partial charge in [0.15, 0.2) is 17.3 Å². The molecule has 0 bridgehead atoms. The van der Waals surface area contributed by atoms with E-state index in [0.717, 1.165) is 17.1 Å². The van der Waals surface area contributed by atoms with Crippen LogP contribution >= 0.6 is 11.6 Å². The molecule has 1 aliphatic carbocycles. The first-order chi connectivity index (χ1) is 17.4. The number of allylic oxidation sites excluding steroid dienone is 2. The van der Waals surface area contributed by atoms with Gasteiger partial charge in [0, 0.05) is 22.4 Å². The van der Waals surface area contributed by atoms with E-state index in [4.69, 9.17) is 30.5 Å². The van der Waals surface area contributed by atoms with Crippen molar-refractivity contribution >= 4 is 17.6 Å². The first-order valence-electron chi connectivity index (χ1n) is 12.1. The molecule has 9 heteroatoms. The van der Waals surface area contributed by atoms with E-state index in [2.05, 4.69) is 36.2 Å². The van der Waals surface area contributed by atoms with Gasteiger partial charge in [-0.1, -0.05) is 37.6 Å². The lowest BCUT2D eigenvalue weighted by molar-refractivity contribution is -0.148. The van der Waals surface area contributed by atoms with E-state index in [9.17, 15) is 4.79 Å². The van der Waals surface area contributed by atoms with Gasteiger partial charge >= 0.3 is 5.97 Å². The smallest absolute Gasteiger partial charge is 0.308 e. The first-order valence-corrected chi connectivity index (χ1v) is 12.5. The van der Waals surface area contributed by atoms with Crippen LogP contribution in [0, 0.1) is 5.92 Å². The average molecular weight is 514 g/mol. The van der Waals surface area contributed by atoms with Gasteiger partial charge in [0.2, 0.25) is 0 Å². The number of esters is 1. The highest BCUT2D eigenvalue weighted by Crippen LogP contribution is 2.44. The van der Waals surface area contributed by atoms with Gasteiger partial charge in [-0.3, -0.25) is 9.36 Å². The third-order valence-corrected chi connectivity index (χ3v) is 6.43. The fraction of sp³-hybridized carbons (Fsp3) is 0.444. The molecule has 1 aromatic heterocycles. The van der Waals surface area contributed by atoms with Crippen molar-refractivity contribution in [2.75, 3.05) is 20.8 Å². The van der Waals surface area contributed by atoms with E-state index < -0.39 is 12.2 Å². The molecular formula is C27H32ClN3O5. The summed E-state index contributed by atoms with van der Waals surface area (Å²) in [6.07, 6.45) is 7.55. The molecule has 0 saturated carbocycles. The van der Waals surface area contributed by atoms with Crippen molar-refractivity contribution in [2.45, 2.75) is 51.7 Å². The number of rotatable bonds is 7. The Hall–Kier alpha value is -3.10. The summed E-state index contributed by atoms with van der Waals surface area (Å²) in [5.41, 5.74) is 1.73. The van der Waals surface area contributed by atoms with Crippen molar-refractivity contribution in [1.82, 2.24) is 14.8 Å². The largest absolute Gasteiger partial charge is 0.493 e. The van der Waals surface area contributed by atoms with Crippen LogP contribution in [0.1, 0.15) is 69.0 Å². The molecule has 0 N–H and O–H groups in total. The van der Waals surface area contributed by atoms with E-state index in [-0.39, 0.29) is 30.8 Å². The summed E-state index contributed by atoms with van der Waals surface area (Å²) in [5.74, 6) is 2.06. The molecule has 0 radical (unpaired) electrons. The van der Waals surface area contributed by atoms with Crippen molar-refractivity contribution in [3.8, 4) is 5.69 Å². The van der Waals surface area contributed by atoms with Crippen molar-refractivity contribution in [3.05, 3.63) is 76.3 Å². The van der Waals surface area contributed by atoms with Crippen molar-refractivity contribution in [2.24, 2.45) is 5.92 Å². The summed E-state index contributed by atoms with van der Waals surface area (Å²) in [6, 6.07) is 5.70. The Morgan fingerprint density at radius 1 is 1.22 bits per heavy atom. The molecule has 36 heavy (non-hydrogen) atoms. The molecule has 3 unspecified atom stereocenters. The van der Waals surface area contributed by atoms with Crippen LogP contribution in [-0.2, 0) is 23.7 Å². The van der Waals surface area contributed by atoms with Crippen LogP contribution in [0.25, 0.3) is 5.69 Å². The van der Waals surface area contributed by atoms with Crippen molar-refractivity contribution in [1.29, 1.82) is 0 Å². The average Bonchev–Trinajstić information content (AvgIpc) is 3.23. The number of carbonyl (C=O) groups excluding carboxylic acids is 1. The minimum atomic E-state index is -0.684. The molecule has 1 aromatic carbocycles. The van der Waals surface area contributed by atoms with Gasteiger partial charge in [-0.2, -0.15) is 0 Å². The number of benzene rings is 1. The van der Waals surface area contributed by atoms with Gasteiger partial charge in [0.25, 0.3) is 0 Å². The zero-order valence-electron chi connectivity index (χ0n) is 21.2. The molecule has 3 atom stereocenters. The summed E-state index contributed by atoms with van der Waals surface area (Å²) in [5, 5.41) is 9.52. The molecule has 1 aliphatic heterocycles. The van der Waals surface area contributed by atoms with Gasteiger partial charge in [-0.25, -0.2) is 0 Å². The monoisotopic (exact) mass is 513 g/mol. The zero-order valence-corrected chi connectivity index (χ0v) is 22.0. The number of fused-ring (bicyclic) bond motifs is 3. The van der Waals surface area contributed by atoms with Crippen LogP contribution in [0.4, 0.5) is 0 Å². The van der Waals surface area contributed by atoms with E-state index in [1.807, 2.05) is 34.9 Å². The summed E-state index contributed by atoms with van der Waals surface area (Å²) in [7, 11) is 3.23. The predicted molar refractivity (Wildman–Crippen MR) is 136 cm³/mol. The van der Waals surface area contributed by atoms with Crippen LogP contribution in [-0.4, -0.2) is 41.6 Å². The summed E-state index contributed by atoms with van der Waals surface area (Å²) in [4.78, 5) is 12.6. The Labute approximate surface area is 216 Å². The second-order valence-corrected chi connectivity index (χ2v) is 9.35. The maximum absolute atomic E-state index is 12.6. The molecule has 0 spiro atoms. The molecule has 8 nitrogen and oxygen atoms in total. The number of carbonyl (C=O) groups is 1. The van der Waals surface area contributed by atoms with Crippen LogP contribution < -0.4 is 0 Å². The third kappa shape index (κ3) is 5.20. The van der Waals surface area contributed by atoms with E-state index in [0.29, 0.717) is 28.8 Å². The standard InChI is InChI=1S/C27H32ClN3O5/c1-6-35-24(32)15-23-27-30-29-26(16(2)3)31(27)20-12-11-18(28)14-19(20)25(36-23)17-9-7-8-10-21(33-4)22(13-17)34-5/h7,9-14,16-17,23,25H,6,8,15H2,1-5H3/b9-7-,21-10+,22-13?. The summed E-state index contributed by atoms with van der Waals surface area (Å²) in [6.45, 7) is 6.18. The van der Waals surface area contributed by atoms with Crippen molar-refractivity contribution in [3.63, 3.8) is 0 Å². The SMILES string of the molecule is CCOC(=O)CC1OC(C2C=C(OC)/C(OC)=C\C/C=C\2)c2cc(Cl)ccc2-n2c(C(C)C)nnc21. The fourth-order valence-corrected chi connectivity index (χ4v) is 4.76. The molecule has 0 fully saturated rings. The summed E-state index contributed by atoms with van der Waals surface area (Å²) < 4.78 is 25.2. The third-order valence-electron chi connectivity index (χ3n) is 6.20. The normalized spacial score (nSPS) is 23.7. The number of nitrogens with zero attached hydrogens (tertiary/aromatic N) is 3. The number of hydrogen-bond donors (Lipinski definition) is 0. The minimum absolute atomic E-state index is 0.00277. The second-order valence-electron chi connectivity index (χ2n) is 8.91. The number of ether oxygens (including phenoxy) is 4. The highest BCUT2D eigenvalue weighted by atomic mass is 35.5. The molecule has 0 saturated heterocycles. The molecule has 2 heterocycles. The second kappa shape index (κ2) is 11.3. The number of methoxy groups -OCH3 is 2. The Balaban J connectivity index is 1.91. The van der Waals surface area contributed by atoms with E-state index in [1.54, 1.807) is 21.1 Å². The molecule has 4 rings (SSSR count). The summed E-state index contributed by atoms with van der Waals surface area (Å²) >= 11 is 6.50. The Morgan fingerprint density at radius 3 is 2.69 bits per heavy atom. The lowest BCUT2D eigenvalue weighted by Crippen LogP contribution is -2.20. The van der Waals surface area contributed by atoms with Gasteiger partial charge in [-0.15, -0.1) is 10.2 Å². The Kier molecular flexibility index (Phi) is 8.16. The van der Waals surface area contributed by atoms with Gasteiger partial charge < -0.3 is 18.9 Å². The highest BCUT2D eigenvalue weighted by Gasteiger charge is 2.37. The molecule has 0 amide bonds. The first kappa shape index (κ1) is 26.0. The van der Waals surface area contributed by atoms with Gasteiger partial charge in [0.05, 0.1) is 39.0 Å². The molecule has 192 valence electrons. The topological polar surface area (TPSA) is 84.7 Å². The maximum atomic E-state index is 12.6. The van der Waals surface area contributed by atoms with E-state index in [1.165, 1.54) is 0 Å². The molecule has 2 aromatic rings. The fourth-order valence-electron chi connectivity index (χ4n) is 4.58. The lowest BCUT2D eigenvalue weighted by Gasteiger charge is -2.27.